The zero-order chi connectivity index (χ0) is 15.9. The van der Waals surface area contributed by atoms with Crippen LogP contribution in [-0.4, -0.2) is 58.6 Å². The molecule has 1 aromatic carbocycles. The molecular weight excluding hydrogens is 332 g/mol. The molecule has 0 bridgehead atoms. The summed E-state index contributed by atoms with van der Waals surface area (Å²) in [6.07, 6.45) is 4.68. The third kappa shape index (κ3) is 2.77. The average Bonchev–Trinajstić information content (AvgIpc) is 3.24. The van der Waals surface area contributed by atoms with Gasteiger partial charge in [0.15, 0.2) is 0 Å². The zero-order valence-corrected chi connectivity index (χ0v) is 14.5. The molecule has 1 unspecified atom stereocenters. The molecule has 0 radical (unpaired) electrons. The van der Waals surface area contributed by atoms with E-state index in [2.05, 4.69) is 13.6 Å². The summed E-state index contributed by atoms with van der Waals surface area (Å²) in [6.45, 7) is 3.39. The molecule has 2 aromatic rings. The van der Waals surface area contributed by atoms with Crippen LogP contribution in [0.5, 0.6) is 0 Å². The first-order valence-electron chi connectivity index (χ1n) is 8.12. The number of benzene rings is 1. The molecule has 0 aliphatic carbocycles. The van der Waals surface area contributed by atoms with Crippen molar-refractivity contribution in [2.24, 2.45) is 0 Å². The molecule has 3 heterocycles. The number of likely N-dealkylation sites (tertiary alicyclic amines) is 1. The summed E-state index contributed by atoms with van der Waals surface area (Å²) in [5, 5.41) is 0. The van der Waals surface area contributed by atoms with Crippen LogP contribution in [0, 0.1) is 0 Å². The summed E-state index contributed by atoms with van der Waals surface area (Å²) >= 11 is 1.06. The van der Waals surface area contributed by atoms with Gasteiger partial charge in [-0.05, 0) is 44.5 Å². The predicted octanol–water partition coefficient (Wildman–Crippen LogP) is 1.94. The highest BCUT2D eigenvalue weighted by Gasteiger charge is 2.36. The van der Waals surface area contributed by atoms with Gasteiger partial charge in [0.2, 0.25) is 10.0 Å². The lowest BCUT2D eigenvalue weighted by atomic mass is 10.1. The number of piperidine rings is 1. The lowest BCUT2D eigenvalue weighted by molar-refractivity contribution is 0.169. The maximum Gasteiger partial charge on any atom is 0.245 e. The third-order valence-corrected chi connectivity index (χ3v) is 7.34. The van der Waals surface area contributed by atoms with E-state index in [0.29, 0.717) is 35.1 Å². The van der Waals surface area contributed by atoms with Crippen LogP contribution in [-0.2, 0) is 10.0 Å². The van der Waals surface area contributed by atoms with Crippen molar-refractivity contribution in [3.8, 4) is 0 Å². The fourth-order valence-electron chi connectivity index (χ4n) is 3.64. The Balaban J connectivity index is 1.59. The number of nitrogens with zero attached hydrogens (tertiary/aromatic N) is 4. The van der Waals surface area contributed by atoms with Crippen LogP contribution < -0.4 is 0 Å². The summed E-state index contributed by atoms with van der Waals surface area (Å²) in [5.41, 5.74) is 1.15. The molecular formula is C15H20N4O2S2. The van der Waals surface area contributed by atoms with Crippen LogP contribution in [0.15, 0.2) is 23.1 Å². The lowest BCUT2D eigenvalue weighted by Crippen LogP contribution is -2.41. The molecule has 1 atom stereocenters. The molecule has 1 aromatic heterocycles. The van der Waals surface area contributed by atoms with Gasteiger partial charge in [-0.3, -0.25) is 4.90 Å². The topological polar surface area (TPSA) is 66.4 Å². The Bertz CT molecular complexity index is 799. The molecule has 0 saturated carbocycles. The van der Waals surface area contributed by atoms with Gasteiger partial charge < -0.3 is 0 Å². The summed E-state index contributed by atoms with van der Waals surface area (Å²) in [6, 6.07) is 5.55. The molecule has 0 spiro atoms. The molecule has 0 amide bonds. The first-order valence-corrected chi connectivity index (χ1v) is 10.3. The molecule has 2 aliphatic rings. The largest absolute Gasteiger partial charge is 0.299 e. The van der Waals surface area contributed by atoms with Crippen LogP contribution in [0.2, 0.25) is 0 Å². The normalized spacial score (nSPS) is 24.4. The number of hydrogen-bond acceptors (Lipinski definition) is 6. The van der Waals surface area contributed by atoms with Crippen molar-refractivity contribution in [1.29, 1.82) is 0 Å². The third-order valence-electron chi connectivity index (χ3n) is 4.90. The fourth-order valence-corrected chi connectivity index (χ4v) is 5.88. The molecule has 124 valence electrons. The quantitative estimate of drug-likeness (QED) is 0.844. The van der Waals surface area contributed by atoms with Gasteiger partial charge in [0.05, 0.1) is 11.7 Å². The van der Waals surface area contributed by atoms with E-state index in [9.17, 15) is 8.42 Å². The van der Waals surface area contributed by atoms with E-state index in [1.165, 1.54) is 19.3 Å². The Labute approximate surface area is 140 Å². The van der Waals surface area contributed by atoms with Crippen molar-refractivity contribution in [2.75, 3.05) is 26.2 Å². The molecule has 6 nitrogen and oxygen atoms in total. The van der Waals surface area contributed by atoms with Gasteiger partial charge >= 0.3 is 0 Å². The average molecular weight is 352 g/mol. The minimum atomic E-state index is -3.50. The van der Waals surface area contributed by atoms with E-state index in [1.807, 2.05) is 0 Å². The Kier molecular flexibility index (Phi) is 4.08. The zero-order valence-electron chi connectivity index (χ0n) is 12.9. The molecule has 2 aliphatic heterocycles. The van der Waals surface area contributed by atoms with Crippen LogP contribution in [0.4, 0.5) is 0 Å². The highest BCUT2D eigenvalue weighted by Crippen LogP contribution is 2.28. The van der Waals surface area contributed by atoms with Crippen LogP contribution >= 0.6 is 11.7 Å². The predicted molar refractivity (Wildman–Crippen MR) is 90.0 cm³/mol. The van der Waals surface area contributed by atoms with Gasteiger partial charge in [-0.2, -0.15) is 13.1 Å². The molecule has 4 rings (SSSR count). The summed E-state index contributed by atoms with van der Waals surface area (Å²) < 4.78 is 36.0. The van der Waals surface area contributed by atoms with Gasteiger partial charge in [0.1, 0.15) is 15.9 Å². The molecule has 2 fully saturated rings. The Morgan fingerprint density at radius 2 is 1.91 bits per heavy atom. The molecule has 0 N–H and O–H groups in total. The number of sulfonamides is 1. The second-order valence-electron chi connectivity index (χ2n) is 6.29. The standard InChI is InChI=1S/C15H20N4O2S2/c20-23(21,14-6-4-5-13-15(14)17-22-16-13)19-10-7-12(11-19)18-8-2-1-3-9-18/h4-6,12H,1-3,7-11H2. The Morgan fingerprint density at radius 3 is 2.74 bits per heavy atom. The van der Waals surface area contributed by atoms with E-state index < -0.39 is 10.0 Å². The van der Waals surface area contributed by atoms with Crippen molar-refractivity contribution in [3.63, 3.8) is 0 Å². The van der Waals surface area contributed by atoms with E-state index in [1.54, 1.807) is 22.5 Å². The second kappa shape index (κ2) is 6.08. The van der Waals surface area contributed by atoms with E-state index in [-0.39, 0.29) is 0 Å². The van der Waals surface area contributed by atoms with E-state index >= 15 is 0 Å². The first-order chi connectivity index (χ1) is 11.2. The minimum Gasteiger partial charge on any atom is -0.299 e. The van der Waals surface area contributed by atoms with Crippen molar-refractivity contribution >= 4 is 32.8 Å². The van der Waals surface area contributed by atoms with Gasteiger partial charge in [-0.25, -0.2) is 8.42 Å². The second-order valence-corrected chi connectivity index (χ2v) is 8.73. The smallest absolute Gasteiger partial charge is 0.245 e. The highest BCUT2D eigenvalue weighted by atomic mass is 32.2. The van der Waals surface area contributed by atoms with E-state index in [4.69, 9.17) is 0 Å². The fraction of sp³-hybridized carbons (Fsp3) is 0.600. The SMILES string of the molecule is O=S(=O)(c1cccc2nsnc12)N1CCC(N2CCCCC2)C1. The van der Waals surface area contributed by atoms with Crippen molar-refractivity contribution in [2.45, 2.75) is 36.6 Å². The minimum absolute atomic E-state index is 0.294. The Hall–Kier alpha value is -1.09. The van der Waals surface area contributed by atoms with Gasteiger partial charge in [-0.1, -0.05) is 12.5 Å². The van der Waals surface area contributed by atoms with Crippen LogP contribution in [0.3, 0.4) is 0 Å². The van der Waals surface area contributed by atoms with Crippen molar-refractivity contribution < 1.29 is 8.42 Å². The van der Waals surface area contributed by atoms with Crippen LogP contribution in [0.1, 0.15) is 25.7 Å². The lowest BCUT2D eigenvalue weighted by Gasteiger charge is -2.32. The number of fused-ring (bicyclic) bond motifs is 1. The molecule has 23 heavy (non-hydrogen) atoms. The number of rotatable bonds is 3. The summed E-state index contributed by atoms with van der Waals surface area (Å²) in [7, 11) is -3.50. The van der Waals surface area contributed by atoms with Crippen molar-refractivity contribution in [1.82, 2.24) is 18.0 Å². The van der Waals surface area contributed by atoms with E-state index in [0.717, 1.165) is 31.2 Å². The van der Waals surface area contributed by atoms with Gasteiger partial charge in [-0.15, -0.1) is 0 Å². The Morgan fingerprint density at radius 1 is 1.09 bits per heavy atom. The van der Waals surface area contributed by atoms with Crippen LogP contribution in [0.25, 0.3) is 11.0 Å². The molecule has 2 saturated heterocycles. The molecule has 8 heteroatoms. The summed E-state index contributed by atoms with van der Waals surface area (Å²) in [5.74, 6) is 0. The maximum absolute atomic E-state index is 13.0. The van der Waals surface area contributed by atoms with Crippen molar-refractivity contribution in [3.05, 3.63) is 18.2 Å². The number of aromatic nitrogens is 2. The first kappa shape index (κ1) is 15.4. The highest BCUT2D eigenvalue weighted by molar-refractivity contribution is 7.89. The number of hydrogen-bond donors (Lipinski definition) is 0. The summed E-state index contributed by atoms with van der Waals surface area (Å²) in [4.78, 5) is 2.76. The van der Waals surface area contributed by atoms with Gasteiger partial charge in [0.25, 0.3) is 0 Å². The monoisotopic (exact) mass is 352 g/mol. The maximum atomic E-state index is 13.0. The van der Waals surface area contributed by atoms with Gasteiger partial charge in [0, 0.05) is 19.1 Å².